The van der Waals surface area contributed by atoms with Gasteiger partial charge in [-0.25, -0.2) is 0 Å². The Bertz CT molecular complexity index is 686. The molecule has 1 aromatic rings. The summed E-state index contributed by atoms with van der Waals surface area (Å²) in [7, 11) is 0. The van der Waals surface area contributed by atoms with E-state index in [9.17, 15) is 9.59 Å². The van der Waals surface area contributed by atoms with Gasteiger partial charge in [-0.05, 0) is 57.1 Å². The van der Waals surface area contributed by atoms with Crippen LogP contribution in [0.25, 0.3) is 0 Å². The predicted octanol–water partition coefficient (Wildman–Crippen LogP) is 2.70. The monoisotopic (exact) mass is 383 g/mol. The molecule has 5 heteroatoms. The van der Waals surface area contributed by atoms with Gasteiger partial charge in [-0.1, -0.05) is 30.3 Å². The van der Waals surface area contributed by atoms with Gasteiger partial charge in [-0.3, -0.25) is 9.59 Å². The average molecular weight is 384 g/mol. The predicted molar refractivity (Wildman–Crippen MR) is 110 cm³/mol. The van der Waals surface area contributed by atoms with Gasteiger partial charge in [0.25, 0.3) is 0 Å². The van der Waals surface area contributed by atoms with Gasteiger partial charge >= 0.3 is 0 Å². The van der Waals surface area contributed by atoms with Gasteiger partial charge in [-0.15, -0.1) is 0 Å². The third kappa shape index (κ3) is 4.24. The van der Waals surface area contributed by atoms with Crippen LogP contribution in [0, 0.1) is 0 Å². The number of benzene rings is 1. The molecule has 4 rings (SSSR count). The molecule has 0 radical (unpaired) electrons. The van der Waals surface area contributed by atoms with Crippen LogP contribution in [0.2, 0.25) is 0 Å². The van der Waals surface area contributed by atoms with Gasteiger partial charge in [0, 0.05) is 38.1 Å². The highest BCUT2D eigenvalue weighted by molar-refractivity contribution is 5.87. The third-order valence-electron chi connectivity index (χ3n) is 7.00. The summed E-state index contributed by atoms with van der Waals surface area (Å²) < 4.78 is 0. The minimum Gasteiger partial charge on any atom is -0.341 e. The molecule has 0 aliphatic carbocycles. The Morgan fingerprint density at radius 1 is 0.929 bits per heavy atom. The van der Waals surface area contributed by atoms with Crippen LogP contribution in [0.3, 0.4) is 0 Å². The van der Waals surface area contributed by atoms with Crippen LogP contribution in [-0.2, 0) is 16.0 Å². The second-order valence-electron chi connectivity index (χ2n) is 8.72. The molecule has 0 bridgehead atoms. The number of carbonyl (C=O) groups excluding carboxylic acids is 2. The van der Waals surface area contributed by atoms with Crippen molar-refractivity contribution >= 4 is 11.8 Å². The average Bonchev–Trinajstić information content (AvgIpc) is 3.29. The lowest BCUT2D eigenvalue weighted by Crippen LogP contribution is -2.51. The normalized spacial score (nSPS) is 26.2. The maximum atomic E-state index is 12.7. The fourth-order valence-corrected chi connectivity index (χ4v) is 5.24. The van der Waals surface area contributed by atoms with Gasteiger partial charge in [-0.2, -0.15) is 0 Å². The fraction of sp³-hybridized carbons (Fsp3) is 0.652. The van der Waals surface area contributed by atoms with E-state index >= 15 is 0 Å². The summed E-state index contributed by atoms with van der Waals surface area (Å²) >= 11 is 0. The smallest absolute Gasteiger partial charge is 0.242 e. The second-order valence-corrected chi connectivity index (χ2v) is 8.72. The number of hydrogen-bond acceptors (Lipinski definition) is 3. The molecule has 3 aliphatic rings. The molecule has 28 heavy (non-hydrogen) atoms. The zero-order chi connectivity index (χ0) is 19.4. The van der Waals surface area contributed by atoms with Crippen LogP contribution in [0.4, 0.5) is 0 Å². The van der Waals surface area contributed by atoms with E-state index in [1.165, 1.54) is 5.56 Å². The summed E-state index contributed by atoms with van der Waals surface area (Å²) in [6.07, 6.45) is 7.94. The number of carbonyl (C=O) groups is 2. The Balaban J connectivity index is 1.36. The molecule has 3 aliphatic heterocycles. The highest BCUT2D eigenvalue weighted by atomic mass is 16.2. The van der Waals surface area contributed by atoms with Crippen LogP contribution >= 0.6 is 0 Å². The van der Waals surface area contributed by atoms with Crippen molar-refractivity contribution in [1.29, 1.82) is 0 Å². The Labute approximate surface area is 168 Å². The van der Waals surface area contributed by atoms with E-state index in [4.69, 9.17) is 0 Å². The van der Waals surface area contributed by atoms with Crippen molar-refractivity contribution in [2.45, 2.75) is 56.9 Å². The molecular formula is C23H33N3O2. The van der Waals surface area contributed by atoms with Crippen molar-refractivity contribution < 1.29 is 9.59 Å². The van der Waals surface area contributed by atoms with E-state index in [1.807, 2.05) is 9.80 Å². The van der Waals surface area contributed by atoms with Gasteiger partial charge in [0.15, 0.2) is 0 Å². The van der Waals surface area contributed by atoms with Gasteiger partial charge in [0.05, 0.1) is 0 Å². The maximum Gasteiger partial charge on any atom is 0.242 e. The van der Waals surface area contributed by atoms with E-state index in [-0.39, 0.29) is 17.4 Å². The Morgan fingerprint density at radius 2 is 1.71 bits per heavy atom. The first-order chi connectivity index (χ1) is 13.7. The van der Waals surface area contributed by atoms with Crippen LogP contribution < -0.4 is 0 Å². The number of nitrogens with zero attached hydrogens (tertiary/aromatic N) is 3. The topological polar surface area (TPSA) is 43.9 Å². The first-order valence-corrected chi connectivity index (χ1v) is 11.0. The van der Waals surface area contributed by atoms with Crippen molar-refractivity contribution in [1.82, 2.24) is 14.7 Å². The largest absolute Gasteiger partial charge is 0.341 e. The number of hydrogen-bond donors (Lipinski definition) is 0. The molecule has 0 N–H and O–H groups in total. The van der Waals surface area contributed by atoms with E-state index in [0.717, 1.165) is 77.7 Å². The summed E-state index contributed by atoms with van der Waals surface area (Å²) in [6.45, 7) is 5.21. The number of rotatable bonds is 5. The zero-order valence-corrected chi connectivity index (χ0v) is 16.9. The number of likely N-dealkylation sites (tertiary alicyclic amines) is 3. The van der Waals surface area contributed by atoms with Crippen LogP contribution in [-0.4, -0.2) is 71.3 Å². The quantitative estimate of drug-likeness (QED) is 0.785. The molecule has 1 atom stereocenters. The minimum atomic E-state index is -0.0893. The molecule has 3 heterocycles. The minimum absolute atomic E-state index is 0.0893. The highest BCUT2D eigenvalue weighted by Gasteiger charge is 2.46. The van der Waals surface area contributed by atoms with Crippen molar-refractivity contribution in [3.05, 3.63) is 35.9 Å². The third-order valence-corrected chi connectivity index (χ3v) is 7.00. The summed E-state index contributed by atoms with van der Waals surface area (Å²) in [4.78, 5) is 31.8. The molecule has 1 unspecified atom stereocenters. The molecule has 0 aromatic heterocycles. The van der Waals surface area contributed by atoms with Crippen LogP contribution in [0.15, 0.2) is 30.3 Å². The Hall–Kier alpha value is -1.88. The standard InChI is InChI=1S/C23H33N3O2/c27-21-9-12-23(26(21)19-22(28)25-15-4-5-16-25)11-6-14-24(18-13-23)17-10-20-7-2-1-3-8-20/h1-3,7-8H,4-6,9-19H2. The summed E-state index contributed by atoms with van der Waals surface area (Å²) in [5.41, 5.74) is 1.30. The van der Waals surface area contributed by atoms with E-state index in [2.05, 4.69) is 35.2 Å². The molecule has 1 spiro atoms. The van der Waals surface area contributed by atoms with E-state index < -0.39 is 0 Å². The second kappa shape index (κ2) is 8.64. The lowest BCUT2D eigenvalue weighted by Gasteiger charge is -2.38. The Morgan fingerprint density at radius 3 is 2.50 bits per heavy atom. The summed E-state index contributed by atoms with van der Waals surface area (Å²) in [5.74, 6) is 0.336. The molecule has 2 amide bonds. The van der Waals surface area contributed by atoms with Gasteiger partial charge in [0.1, 0.15) is 6.54 Å². The molecule has 152 valence electrons. The molecular weight excluding hydrogens is 350 g/mol. The molecule has 0 saturated carbocycles. The van der Waals surface area contributed by atoms with Crippen molar-refractivity contribution in [3.8, 4) is 0 Å². The fourth-order valence-electron chi connectivity index (χ4n) is 5.24. The lowest BCUT2D eigenvalue weighted by molar-refractivity contribution is -0.141. The van der Waals surface area contributed by atoms with E-state index in [0.29, 0.717) is 13.0 Å². The SMILES string of the molecule is O=C(CN1C(=O)CCC12CCCN(CCc1ccccc1)CC2)N1CCCC1. The van der Waals surface area contributed by atoms with Crippen LogP contribution in [0.5, 0.6) is 0 Å². The van der Waals surface area contributed by atoms with Crippen molar-refractivity contribution in [3.63, 3.8) is 0 Å². The van der Waals surface area contributed by atoms with E-state index in [1.54, 1.807) is 0 Å². The van der Waals surface area contributed by atoms with Crippen molar-refractivity contribution in [2.24, 2.45) is 0 Å². The molecule has 5 nitrogen and oxygen atoms in total. The Kier molecular flexibility index (Phi) is 6.00. The van der Waals surface area contributed by atoms with Gasteiger partial charge < -0.3 is 14.7 Å². The maximum absolute atomic E-state index is 12.7. The lowest BCUT2D eigenvalue weighted by atomic mass is 9.87. The number of amides is 2. The highest BCUT2D eigenvalue weighted by Crippen LogP contribution is 2.39. The first-order valence-electron chi connectivity index (χ1n) is 11.0. The van der Waals surface area contributed by atoms with Crippen molar-refractivity contribution in [2.75, 3.05) is 39.3 Å². The molecule has 3 fully saturated rings. The zero-order valence-electron chi connectivity index (χ0n) is 16.9. The molecule has 1 aromatic carbocycles. The van der Waals surface area contributed by atoms with Gasteiger partial charge in [0.2, 0.25) is 11.8 Å². The summed E-state index contributed by atoms with van der Waals surface area (Å²) in [5, 5.41) is 0. The van der Waals surface area contributed by atoms with Crippen LogP contribution in [0.1, 0.15) is 50.5 Å². The first kappa shape index (κ1) is 19.4. The summed E-state index contributed by atoms with van der Waals surface area (Å²) in [6, 6.07) is 10.7. The molecule has 3 saturated heterocycles.